The van der Waals surface area contributed by atoms with Gasteiger partial charge in [-0.15, -0.1) is 0 Å². The molecule has 1 aliphatic carbocycles. The van der Waals surface area contributed by atoms with Gasteiger partial charge in [-0.2, -0.15) is 0 Å². The summed E-state index contributed by atoms with van der Waals surface area (Å²) < 4.78 is 11.5. The van der Waals surface area contributed by atoms with Gasteiger partial charge in [0.15, 0.2) is 22.9 Å². The summed E-state index contributed by atoms with van der Waals surface area (Å²) in [5.41, 5.74) is 1.38. The highest BCUT2D eigenvalue weighted by atomic mass is 16.5. The molecule has 1 aromatic heterocycles. The Hall–Kier alpha value is -3.21. The smallest absolute Gasteiger partial charge is 0.342 e. The molecule has 0 bridgehead atoms. The van der Waals surface area contributed by atoms with Crippen LogP contribution in [0.3, 0.4) is 0 Å². The number of benzene rings is 2. The second-order valence-electron chi connectivity index (χ2n) is 7.04. The van der Waals surface area contributed by atoms with Crippen molar-refractivity contribution in [2.24, 2.45) is 0 Å². The molecule has 142 valence electrons. The molecular formula is C23H20O5. The van der Waals surface area contributed by atoms with E-state index in [-0.39, 0.29) is 22.4 Å². The number of ether oxygens (including phenoxy) is 1. The van der Waals surface area contributed by atoms with Crippen LogP contribution >= 0.6 is 0 Å². The Bertz CT molecular complexity index is 1110. The summed E-state index contributed by atoms with van der Waals surface area (Å²) in [4.78, 5) is 37.7. The zero-order valence-electron chi connectivity index (χ0n) is 15.6. The maximum Gasteiger partial charge on any atom is 0.342 e. The Morgan fingerprint density at radius 1 is 1.04 bits per heavy atom. The van der Waals surface area contributed by atoms with E-state index < -0.39 is 12.1 Å². The Labute approximate surface area is 161 Å². The highest BCUT2D eigenvalue weighted by Gasteiger charge is 2.28. The standard InChI is InChI=1S/C23H20O5/c1-14-20(25)16-10-7-11-17(23(26)27-19-13-6-5-12-18(19)24)22(16)28-21(14)15-8-3-2-4-9-15/h2-4,7-11,19H,5-6,12-13H2,1H3/t19-/m0/s1. The van der Waals surface area contributed by atoms with E-state index in [1.54, 1.807) is 25.1 Å². The van der Waals surface area contributed by atoms with E-state index in [1.165, 1.54) is 0 Å². The molecule has 5 nitrogen and oxygen atoms in total. The minimum absolute atomic E-state index is 0.0536. The first-order valence-electron chi connectivity index (χ1n) is 9.42. The highest BCUT2D eigenvalue weighted by molar-refractivity contribution is 6.03. The lowest BCUT2D eigenvalue weighted by molar-refractivity contribution is -0.129. The molecule has 0 radical (unpaired) electrons. The Kier molecular flexibility index (Phi) is 4.82. The van der Waals surface area contributed by atoms with Gasteiger partial charge in [-0.05, 0) is 38.3 Å². The average Bonchev–Trinajstić information content (AvgIpc) is 2.72. The van der Waals surface area contributed by atoms with Gasteiger partial charge >= 0.3 is 5.97 Å². The SMILES string of the molecule is Cc1c(-c2ccccc2)oc2c(C(=O)O[C@H]3CCCCC3=O)cccc2c1=O. The molecule has 28 heavy (non-hydrogen) atoms. The third kappa shape index (κ3) is 3.24. The van der Waals surface area contributed by atoms with E-state index in [2.05, 4.69) is 0 Å². The molecule has 2 aromatic carbocycles. The van der Waals surface area contributed by atoms with Crippen molar-refractivity contribution >= 4 is 22.7 Å². The first-order chi connectivity index (χ1) is 13.6. The van der Waals surface area contributed by atoms with Gasteiger partial charge in [-0.3, -0.25) is 9.59 Å². The largest absolute Gasteiger partial charge is 0.455 e. The minimum atomic E-state index is -0.720. The molecule has 1 fully saturated rings. The molecule has 3 aromatic rings. The van der Waals surface area contributed by atoms with Gasteiger partial charge in [0.1, 0.15) is 11.3 Å². The van der Waals surface area contributed by atoms with E-state index in [9.17, 15) is 14.4 Å². The quantitative estimate of drug-likeness (QED) is 0.632. The maximum absolute atomic E-state index is 12.9. The van der Waals surface area contributed by atoms with Gasteiger partial charge in [-0.1, -0.05) is 36.4 Å². The molecule has 0 spiro atoms. The molecule has 0 aliphatic heterocycles. The van der Waals surface area contributed by atoms with E-state index in [0.29, 0.717) is 29.6 Å². The summed E-state index contributed by atoms with van der Waals surface area (Å²) in [7, 11) is 0. The van der Waals surface area contributed by atoms with Crippen molar-refractivity contribution in [1.82, 2.24) is 0 Å². The Balaban J connectivity index is 1.81. The van der Waals surface area contributed by atoms with Crippen molar-refractivity contribution in [3.05, 3.63) is 69.9 Å². The van der Waals surface area contributed by atoms with Crippen LogP contribution in [-0.4, -0.2) is 17.9 Å². The molecule has 0 unspecified atom stereocenters. The Morgan fingerprint density at radius 2 is 1.82 bits per heavy atom. The molecular weight excluding hydrogens is 356 g/mol. The van der Waals surface area contributed by atoms with Crippen molar-refractivity contribution in [1.29, 1.82) is 0 Å². The van der Waals surface area contributed by atoms with Crippen LogP contribution in [0, 0.1) is 6.92 Å². The molecule has 1 heterocycles. The number of para-hydroxylation sites is 1. The number of hydrogen-bond donors (Lipinski definition) is 0. The fraction of sp³-hybridized carbons (Fsp3) is 0.261. The monoisotopic (exact) mass is 376 g/mol. The van der Waals surface area contributed by atoms with E-state index in [1.807, 2.05) is 30.3 Å². The molecule has 0 saturated heterocycles. The van der Waals surface area contributed by atoms with Crippen LogP contribution < -0.4 is 5.43 Å². The first kappa shape index (κ1) is 18.2. The molecule has 1 saturated carbocycles. The summed E-state index contributed by atoms with van der Waals surface area (Å²) in [5, 5.41) is 0.321. The Morgan fingerprint density at radius 3 is 2.57 bits per heavy atom. The van der Waals surface area contributed by atoms with Gasteiger partial charge in [-0.25, -0.2) is 4.79 Å². The normalized spacial score (nSPS) is 16.9. The van der Waals surface area contributed by atoms with Gasteiger partial charge < -0.3 is 9.15 Å². The number of esters is 1. The number of ketones is 1. The molecule has 1 aliphatic rings. The van der Waals surface area contributed by atoms with E-state index in [4.69, 9.17) is 9.15 Å². The van der Waals surface area contributed by atoms with Crippen molar-refractivity contribution in [3.8, 4) is 11.3 Å². The second-order valence-corrected chi connectivity index (χ2v) is 7.04. The fourth-order valence-electron chi connectivity index (χ4n) is 3.60. The van der Waals surface area contributed by atoms with Gasteiger partial charge in [0.05, 0.1) is 5.39 Å². The summed E-state index contributed by atoms with van der Waals surface area (Å²) in [6.45, 7) is 1.71. The molecule has 5 heteroatoms. The van der Waals surface area contributed by atoms with Crippen molar-refractivity contribution in [3.63, 3.8) is 0 Å². The number of fused-ring (bicyclic) bond motifs is 1. The van der Waals surface area contributed by atoms with Crippen LogP contribution in [-0.2, 0) is 9.53 Å². The summed E-state index contributed by atoms with van der Waals surface area (Å²) in [6, 6.07) is 14.1. The van der Waals surface area contributed by atoms with Crippen LogP contribution in [0.15, 0.2) is 57.7 Å². The van der Waals surface area contributed by atoms with Crippen LogP contribution in [0.2, 0.25) is 0 Å². The maximum atomic E-state index is 12.9. The molecule has 4 rings (SSSR count). The zero-order valence-corrected chi connectivity index (χ0v) is 15.6. The third-order valence-corrected chi connectivity index (χ3v) is 5.15. The lowest BCUT2D eigenvalue weighted by Crippen LogP contribution is -2.30. The number of rotatable bonds is 3. The number of Topliss-reactive ketones (excluding diaryl/α,β-unsaturated/α-hetero) is 1. The molecule has 1 atom stereocenters. The summed E-state index contributed by atoms with van der Waals surface area (Å²) >= 11 is 0. The summed E-state index contributed by atoms with van der Waals surface area (Å²) in [5.74, 6) is -0.272. The lowest BCUT2D eigenvalue weighted by Gasteiger charge is -2.20. The van der Waals surface area contributed by atoms with Crippen LogP contribution in [0.4, 0.5) is 0 Å². The molecule has 0 N–H and O–H groups in total. The summed E-state index contributed by atoms with van der Waals surface area (Å²) in [6.07, 6.45) is 1.93. The third-order valence-electron chi connectivity index (χ3n) is 5.15. The van der Waals surface area contributed by atoms with Crippen LogP contribution in [0.25, 0.3) is 22.3 Å². The van der Waals surface area contributed by atoms with Gasteiger partial charge in [0, 0.05) is 17.5 Å². The number of hydrogen-bond acceptors (Lipinski definition) is 5. The topological polar surface area (TPSA) is 73.6 Å². The van der Waals surface area contributed by atoms with Crippen molar-refractivity contribution < 1.29 is 18.7 Å². The van der Waals surface area contributed by atoms with Gasteiger partial charge in [0.2, 0.25) is 0 Å². The van der Waals surface area contributed by atoms with E-state index in [0.717, 1.165) is 18.4 Å². The number of carbonyl (C=O) groups excluding carboxylic acids is 2. The zero-order chi connectivity index (χ0) is 19.7. The lowest BCUT2D eigenvalue weighted by atomic mass is 9.96. The number of carbonyl (C=O) groups is 2. The van der Waals surface area contributed by atoms with Crippen LogP contribution in [0.5, 0.6) is 0 Å². The average molecular weight is 376 g/mol. The second kappa shape index (κ2) is 7.43. The molecule has 0 amide bonds. The van der Waals surface area contributed by atoms with Crippen molar-refractivity contribution in [2.75, 3.05) is 0 Å². The first-order valence-corrected chi connectivity index (χ1v) is 9.42. The highest BCUT2D eigenvalue weighted by Crippen LogP contribution is 2.28. The van der Waals surface area contributed by atoms with E-state index >= 15 is 0 Å². The van der Waals surface area contributed by atoms with Crippen molar-refractivity contribution in [2.45, 2.75) is 38.7 Å². The fourth-order valence-corrected chi connectivity index (χ4v) is 3.60. The van der Waals surface area contributed by atoms with Crippen LogP contribution in [0.1, 0.15) is 41.6 Å². The predicted octanol–water partition coefficient (Wildman–Crippen LogP) is 4.44. The predicted molar refractivity (Wildman–Crippen MR) is 105 cm³/mol. The van der Waals surface area contributed by atoms with Gasteiger partial charge in [0.25, 0.3) is 0 Å². The minimum Gasteiger partial charge on any atom is -0.455 e.